The van der Waals surface area contributed by atoms with Crippen LogP contribution < -0.4 is 10.1 Å². The average Bonchev–Trinajstić information content (AvgIpc) is 2.92. The summed E-state index contributed by atoms with van der Waals surface area (Å²) in [5, 5.41) is 3.13. The highest BCUT2D eigenvalue weighted by Crippen LogP contribution is 2.20. The van der Waals surface area contributed by atoms with Crippen LogP contribution in [-0.2, 0) is 22.1 Å². The second kappa shape index (κ2) is 6.78. The molecule has 1 aromatic carbocycles. The van der Waals surface area contributed by atoms with E-state index in [1.54, 1.807) is 24.3 Å². The monoisotopic (exact) mass is 309 g/mol. The molecule has 0 bridgehead atoms. The van der Waals surface area contributed by atoms with E-state index in [0.717, 1.165) is 12.3 Å². The Morgan fingerprint density at radius 2 is 1.76 bits per heavy atom. The smallest absolute Gasteiger partial charge is 0.185 e. The molecule has 0 atom stereocenters. The summed E-state index contributed by atoms with van der Waals surface area (Å²) >= 11 is 0. The molecule has 0 saturated heterocycles. The van der Waals surface area contributed by atoms with Crippen molar-refractivity contribution in [3.8, 4) is 5.75 Å². The Morgan fingerprint density at radius 3 is 2.38 bits per heavy atom. The molecule has 5 nitrogen and oxygen atoms in total. The number of nitrogens with one attached hydrogen (secondary N) is 1. The molecule has 6 heteroatoms. The summed E-state index contributed by atoms with van der Waals surface area (Å²) in [6.45, 7) is 3.43. The molecule has 114 valence electrons. The lowest BCUT2D eigenvalue weighted by molar-refractivity contribution is 0.414. The predicted molar refractivity (Wildman–Crippen MR) is 80.0 cm³/mol. The molecule has 0 amide bonds. The van der Waals surface area contributed by atoms with Crippen LogP contribution in [0.5, 0.6) is 5.75 Å². The van der Waals surface area contributed by atoms with Gasteiger partial charge in [-0.15, -0.1) is 0 Å². The maximum absolute atomic E-state index is 12.3. The van der Waals surface area contributed by atoms with Gasteiger partial charge in [0.1, 0.15) is 23.0 Å². The Hall–Kier alpha value is -1.79. The summed E-state index contributed by atoms with van der Waals surface area (Å²) in [5.74, 6) is 1.65. The highest BCUT2D eigenvalue weighted by atomic mass is 32.2. The first-order valence-corrected chi connectivity index (χ1v) is 8.35. The fraction of sp³-hybridized carbons (Fsp3) is 0.333. The third kappa shape index (κ3) is 4.09. The zero-order valence-electron chi connectivity index (χ0n) is 12.1. The van der Waals surface area contributed by atoms with Crippen molar-refractivity contribution in [3.05, 3.63) is 47.9 Å². The van der Waals surface area contributed by atoms with Crippen LogP contribution in [0.4, 0.5) is 0 Å². The molecule has 2 aromatic rings. The van der Waals surface area contributed by atoms with Crippen LogP contribution in [0.3, 0.4) is 0 Å². The number of benzene rings is 1. The zero-order chi connectivity index (χ0) is 15.3. The second-order valence-electron chi connectivity index (χ2n) is 4.58. The standard InChI is InChI=1S/C15H19NO4S/c1-3-16-10-13-4-5-14(20-13)11-21(17,18)15-8-6-12(19-2)7-9-15/h4-9,16H,3,10-11H2,1-2H3. The van der Waals surface area contributed by atoms with Crippen molar-refractivity contribution < 1.29 is 17.6 Å². The van der Waals surface area contributed by atoms with Gasteiger partial charge in [-0.25, -0.2) is 8.42 Å². The maximum atomic E-state index is 12.3. The minimum Gasteiger partial charge on any atom is -0.497 e. The molecule has 0 aliphatic heterocycles. The van der Waals surface area contributed by atoms with Gasteiger partial charge < -0.3 is 14.5 Å². The summed E-state index contributed by atoms with van der Waals surface area (Å²) in [4.78, 5) is 0.257. The lowest BCUT2D eigenvalue weighted by Crippen LogP contribution is -2.10. The number of rotatable bonds is 7. The maximum Gasteiger partial charge on any atom is 0.185 e. The Morgan fingerprint density at radius 1 is 1.10 bits per heavy atom. The number of furan rings is 1. The van der Waals surface area contributed by atoms with Crippen LogP contribution >= 0.6 is 0 Å². The third-order valence-electron chi connectivity index (χ3n) is 3.02. The number of ether oxygens (including phenoxy) is 1. The van der Waals surface area contributed by atoms with Gasteiger partial charge in [0.15, 0.2) is 9.84 Å². The quantitative estimate of drug-likeness (QED) is 0.850. The fourth-order valence-corrected chi connectivity index (χ4v) is 3.14. The van der Waals surface area contributed by atoms with E-state index in [4.69, 9.17) is 9.15 Å². The van der Waals surface area contributed by atoms with E-state index < -0.39 is 9.84 Å². The molecule has 0 spiro atoms. The van der Waals surface area contributed by atoms with Crippen LogP contribution in [0.25, 0.3) is 0 Å². The summed E-state index contributed by atoms with van der Waals surface area (Å²) in [6, 6.07) is 9.83. The van der Waals surface area contributed by atoms with Crippen molar-refractivity contribution in [1.82, 2.24) is 5.32 Å². The zero-order valence-corrected chi connectivity index (χ0v) is 12.9. The van der Waals surface area contributed by atoms with E-state index in [9.17, 15) is 8.42 Å². The summed E-state index contributed by atoms with van der Waals surface area (Å²) < 4.78 is 35.2. The van der Waals surface area contributed by atoms with Crippen molar-refractivity contribution >= 4 is 9.84 Å². The van der Waals surface area contributed by atoms with Gasteiger partial charge >= 0.3 is 0 Å². The minimum absolute atomic E-state index is 0.147. The van der Waals surface area contributed by atoms with Gasteiger partial charge in [-0.3, -0.25) is 0 Å². The van der Waals surface area contributed by atoms with Crippen LogP contribution in [0.15, 0.2) is 45.7 Å². The Labute approximate surface area is 124 Å². The van der Waals surface area contributed by atoms with Crippen LogP contribution in [0, 0.1) is 0 Å². The van der Waals surface area contributed by atoms with Crippen LogP contribution in [-0.4, -0.2) is 22.1 Å². The molecule has 0 aliphatic carbocycles. The molecule has 1 heterocycles. The lowest BCUT2D eigenvalue weighted by atomic mass is 10.3. The van der Waals surface area contributed by atoms with Gasteiger partial charge in [0.05, 0.1) is 18.6 Å². The first-order valence-electron chi connectivity index (χ1n) is 6.70. The van der Waals surface area contributed by atoms with Gasteiger partial charge in [-0.1, -0.05) is 6.92 Å². The van der Waals surface area contributed by atoms with E-state index in [1.165, 1.54) is 19.2 Å². The van der Waals surface area contributed by atoms with E-state index in [2.05, 4.69) is 5.32 Å². The first kappa shape index (κ1) is 15.6. The van der Waals surface area contributed by atoms with Crippen LogP contribution in [0.2, 0.25) is 0 Å². The summed E-state index contributed by atoms with van der Waals surface area (Å²) in [6.07, 6.45) is 0. The SMILES string of the molecule is CCNCc1ccc(CS(=O)(=O)c2ccc(OC)cc2)o1. The molecule has 1 aromatic heterocycles. The van der Waals surface area contributed by atoms with Crippen LogP contribution in [0.1, 0.15) is 18.4 Å². The molecule has 0 unspecified atom stereocenters. The number of methoxy groups -OCH3 is 1. The normalized spacial score (nSPS) is 11.5. The summed E-state index contributed by atoms with van der Waals surface area (Å²) in [5.41, 5.74) is 0. The summed E-state index contributed by atoms with van der Waals surface area (Å²) in [7, 11) is -1.88. The van der Waals surface area contributed by atoms with Crippen molar-refractivity contribution in [3.63, 3.8) is 0 Å². The lowest BCUT2D eigenvalue weighted by Gasteiger charge is -2.04. The number of hydrogen-bond acceptors (Lipinski definition) is 5. The fourth-order valence-electron chi connectivity index (χ4n) is 1.90. The largest absolute Gasteiger partial charge is 0.497 e. The Balaban J connectivity index is 2.10. The highest BCUT2D eigenvalue weighted by molar-refractivity contribution is 7.90. The number of hydrogen-bond donors (Lipinski definition) is 1. The van der Waals surface area contributed by atoms with Crippen molar-refractivity contribution in [2.75, 3.05) is 13.7 Å². The number of sulfone groups is 1. The van der Waals surface area contributed by atoms with Gasteiger partial charge in [0, 0.05) is 0 Å². The molecule has 0 fully saturated rings. The minimum atomic E-state index is -3.42. The van der Waals surface area contributed by atoms with E-state index in [0.29, 0.717) is 18.1 Å². The molecule has 0 radical (unpaired) electrons. The molecule has 0 aliphatic rings. The van der Waals surface area contributed by atoms with Crippen molar-refractivity contribution in [2.45, 2.75) is 24.1 Å². The predicted octanol–water partition coefficient (Wildman–Crippen LogP) is 2.37. The molecular weight excluding hydrogens is 290 g/mol. The molecule has 0 saturated carbocycles. The third-order valence-corrected chi connectivity index (χ3v) is 4.67. The Bertz CT molecular complexity index is 674. The highest BCUT2D eigenvalue weighted by Gasteiger charge is 2.17. The van der Waals surface area contributed by atoms with E-state index in [-0.39, 0.29) is 10.6 Å². The van der Waals surface area contributed by atoms with Crippen molar-refractivity contribution in [2.24, 2.45) is 0 Å². The molecule has 2 rings (SSSR count). The second-order valence-corrected chi connectivity index (χ2v) is 6.57. The molecular formula is C15H19NO4S. The van der Waals surface area contributed by atoms with Gasteiger partial charge in [0.2, 0.25) is 0 Å². The van der Waals surface area contributed by atoms with Gasteiger partial charge in [-0.2, -0.15) is 0 Å². The van der Waals surface area contributed by atoms with Crippen molar-refractivity contribution in [1.29, 1.82) is 0 Å². The molecule has 21 heavy (non-hydrogen) atoms. The Kier molecular flexibility index (Phi) is 5.03. The average molecular weight is 309 g/mol. The van der Waals surface area contributed by atoms with Gasteiger partial charge in [-0.05, 0) is 42.9 Å². The van der Waals surface area contributed by atoms with E-state index >= 15 is 0 Å². The van der Waals surface area contributed by atoms with Gasteiger partial charge in [0.25, 0.3) is 0 Å². The van der Waals surface area contributed by atoms with E-state index in [1.807, 2.05) is 6.92 Å². The first-order chi connectivity index (χ1) is 10.0. The molecule has 1 N–H and O–H groups in total. The topological polar surface area (TPSA) is 68.5 Å².